The van der Waals surface area contributed by atoms with Gasteiger partial charge in [-0.15, -0.1) is 0 Å². The molecule has 3 aliphatic rings. The molecule has 2 N–H and O–H groups in total. The van der Waals surface area contributed by atoms with E-state index >= 15 is 0 Å². The van der Waals surface area contributed by atoms with Crippen LogP contribution in [0.25, 0.3) is 6.08 Å². The maximum absolute atomic E-state index is 14.0. The van der Waals surface area contributed by atoms with E-state index in [0.717, 1.165) is 46.2 Å². The number of likely N-dealkylation sites (tertiary alicyclic amines) is 1. The smallest absolute Gasteiger partial charge is 0.455 e. The fraction of sp³-hybridized carbons (Fsp3) is 0.405. The minimum atomic E-state index is -3.03. The van der Waals surface area contributed by atoms with Gasteiger partial charge in [0.25, 0.3) is 8.32 Å². The summed E-state index contributed by atoms with van der Waals surface area (Å²) in [5.41, 5.74) is 3.74. The average molecular weight is 878 g/mol. The first kappa shape index (κ1) is 40.9. The van der Waals surface area contributed by atoms with Gasteiger partial charge in [0, 0.05) is 0 Å². The van der Waals surface area contributed by atoms with E-state index in [1.165, 1.54) is 7.11 Å². The Morgan fingerprint density at radius 3 is 2.22 bits per heavy atom. The van der Waals surface area contributed by atoms with Gasteiger partial charge in [-0.1, -0.05) is 100 Å². The third-order valence-corrected chi connectivity index (χ3v) is 17.2. The van der Waals surface area contributed by atoms with Crippen molar-refractivity contribution < 1.29 is 43.1 Å². The fourth-order valence-corrected chi connectivity index (χ4v) is 14.0. The highest BCUT2D eigenvalue weighted by atomic mass is 127. The molecule has 2 saturated heterocycles. The van der Waals surface area contributed by atoms with Crippen molar-refractivity contribution in [1.29, 1.82) is 0 Å². The Bertz CT molecular complexity index is 1940. The van der Waals surface area contributed by atoms with Crippen LogP contribution in [0, 0.1) is 21.3 Å². The fourth-order valence-electron chi connectivity index (χ4n) is 8.86. The quantitative estimate of drug-likeness (QED) is 0.0934. The molecule has 3 aromatic rings. The number of hydrogen-bond acceptors (Lipinski definition) is 9. The molecule has 0 radical (unpaired) electrons. The second-order valence-corrected chi connectivity index (χ2v) is 21.0. The van der Waals surface area contributed by atoms with Crippen molar-refractivity contribution in [3.63, 3.8) is 0 Å². The molecule has 10 nitrogen and oxygen atoms in total. The number of aromatic hydroxyl groups is 1. The SMILES string of the molecule is CC/C(=C\c1cc(I)c(O)c(OC)c1)CC[C@H]1OB(O)C[C@H]2C1=C(CO[Si](c1ccccc1)(c1ccccc1)C(C)(C)C)C[C@H]1C(=O)N(C(=O)OC)C(=O)[C@H]12. The van der Waals surface area contributed by atoms with E-state index in [1.807, 2.05) is 42.5 Å². The third-order valence-electron chi connectivity index (χ3n) is 11.4. The highest BCUT2D eigenvalue weighted by molar-refractivity contribution is 14.1. The zero-order chi connectivity index (χ0) is 39.7. The van der Waals surface area contributed by atoms with E-state index in [0.29, 0.717) is 27.1 Å². The van der Waals surface area contributed by atoms with Crippen LogP contribution in [0.15, 0.2) is 89.5 Å². The third kappa shape index (κ3) is 7.82. The standard InChI is InChI=1S/C42H49BINO9Si/c1-7-26(20-27-21-33(44)38(46)35(22-27)51-5)18-19-34-36-28(23-31-37(32(36)24-43(50)54-34)40(48)45(39(31)47)41(49)52-6)25-53-55(42(2,3)4,29-14-10-8-11-15-29)30-16-12-9-13-17-30/h8-17,20-22,31-32,34,37,46,50H,7,18-19,23-25H2,1-6H3/b26-20+/t31-,32+,34-,37-/m1/s1. The Morgan fingerprint density at radius 1 is 1.02 bits per heavy atom. The van der Waals surface area contributed by atoms with Crippen LogP contribution >= 0.6 is 22.6 Å². The molecule has 3 amide bonds. The summed E-state index contributed by atoms with van der Waals surface area (Å²) in [4.78, 5) is 41.3. The molecular formula is C42H49BINO9Si. The Balaban J connectivity index is 1.43. The minimum absolute atomic E-state index is 0.0926. The number of halogens is 1. The van der Waals surface area contributed by atoms with Crippen LogP contribution in [0.3, 0.4) is 0 Å². The van der Waals surface area contributed by atoms with E-state index in [-0.39, 0.29) is 30.1 Å². The van der Waals surface area contributed by atoms with Gasteiger partial charge in [-0.05, 0) is 105 Å². The molecule has 6 rings (SSSR count). The maximum atomic E-state index is 14.0. The van der Waals surface area contributed by atoms with Gasteiger partial charge >= 0.3 is 13.2 Å². The van der Waals surface area contributed by atoms with Crippen LogP contribution < -0.4 is 15.1 Å². The number of nitrogens with zero attached hydrogens (tertiary/aromatic N) is 1. The molecule has 2 heterocycles. The number of phenols is 1. The Labute approximate surface area is 338 Å². The molecule has 0 spiro atoms. The topological polar surface area (TPSA) is 132 Å². The predicted molar refractivity (Wildman–Crippen MR) is 222 cm³/mol. The van der Waals surface area contributed by atoms with Crippen molar-refractivity contribution in [2.45, 2.75) is 70.8 Å². The van der Waals surface area contributed by atoms with Gasteiger partial charge in [0.05, 0.1) is 42.3 Å². The molecule has 290 valence electrons. The van der Waals surface area contributed by atoms with Gasteiger partial charge < -0.3 is 28.7 Å². The number of fused-ring (bicyclic) bond motifs is 3. The number of amides is 3. The summed E-state index contributed by atoms with van der Waals surface area (Å²) >= 11 is 2.08. The van der Waals surface area contributed by atoms with Gasteiger partial charge in [-0.2, -0.15) is 4.90 Å². The molecular weight excluding hydrogens is 828 g/mol. The van der Waals surface area contributed by atoms with Gasteiger partial charge in [0.15, 0.2) is 11.5 Å². The molecule has 4 atom stereocenters. The van der Waals surface area contributed by atoms with Crippen molar-refractivity contribution in [2.24, 2.45) is 17.8 Å². The number of carbonyl (C=O) groups is 3. The first-order chi connectivity index (χ1) is 26.2. The van der Waals surface area contributed by atoms with Crippen LogP contribution in [-0.2, 0) is 23.4 Å². The number of benzene rings is 3. The van der Waals surface area contributed by atoms with Crippen molar-refractivity contribution in [3.05, 3.63) is 98.6 Å². The van der Waals surface area contributed by atoms with Gasteiger partial charge in [0.2, 0.25) is 11.8 Å². The van der Waals surface area contributed by atoms with Crippen molar-refractivity contribution >= 4 is 72.4 Å². The van der Waals surface area contributed by atoms with E-state index in [4.69, 9.17) is 18.6 Å². The molecule has 13 heteroatoms. The van der Waals surface area contributed by atoms with Crippen LogP contribution in [0.1, 0.15) is 58.9 Å². The Hall–Kier alpha value is -3.76. The number of allylic oxidation sites excluding steroid dienone is 1. The number of hydrogen-bond donors (Lipinski definition) is 2. The molecule has 2 fully saturated rings. The summed E-state index contributed by atoms with van der Waals surface area (Å²) in [6.45, 7) is 8.87. The molecule has 0 aromatic heterocycles. The number of rotatable bonds is 11. The molecule has 3 aromatic carbocycles. The lowest BCUT2D eigenvalue weighted by Crippen LogP contribution is -2.66. The molecule has 1 aliphatic carbocycles. The Kier molecular flexibility index (Phi) is 12.5. The van der Waals surface area contributed by atoms with E-state index in [2.05, 4.69) is 80.6 Å². The van der Waals surface area contributed by atoms with E-state index in [1.54, 1.807) is 6.07 Å². The molecule has 0 bridgehead atoms. The number of imide groups is 3. The lowest BCUT2D eigenvalue weighted by Gasteiger charge is -2.46. The van der Waals surface area contributed by atoms with Gasteiger partial charge in [-0.3, -0.25) is 9.59 Å². The molecule has 55 heavy (non-hydrogen) atoms. The summed E-state index contributed by atoms with van der Waals surface area (Å²) in [7, 11) is -1.53. The molecule has 0 unspecified atom stereocenters. The van der Waals surface area contributed by atoms with Crippen LogP contribution in [-0.4, -0.2) is 75.3 Å². The number of ether oxygens (including phenoxy) is 2. The second kappa shape index (κ2) is 16.8. The monoisotopic (exact) mass is 877 g/mol. The average Bonchev–Trinajstić information content (AvgIpc) is 3.42. The largest absolute Gasteiger partial charge is 0.504 e. The number of methoxy groups -OCH3 is 2. The zero-order valence-electron chi connectivity index (χ0n) is 32.2. The number of phenolic OH excluding ortho intramolecular Hbond substituents is 1. The van der Waals surface area contributed by atoms with E-state index < -0.39 is 57.2 Å². The lowest BCUT2D eigenvalue weighted by atomic mass is 9.58. The summed E-state index contributed by atoms with van der Waals surface area (Å²) in [5.74, 6) is -2.90. The van der Waals surface area contributed by atoms with E-state index in [9.17, 15) is 24.5 Å². The number of carbonyl (C=O) groups excluding carboxylic acids is 3. The highest BCUT2D eigenvalue weighted by Gasteiger charge is 2.60. The Morgan fingerprint density at radius 2 is 1.65 bits per heavy atom. The van der Waals surface area contributed by atoms with Crippen molar-refractivity contribution in [3.8, 4) is 11.5 Å². The minimum Gasteiger partial charge on any atom is -0.504 e. The van der Waals surface area contributed by atoms with Gasteiger partial charge in [0.1, 0.15) is 0 Å². The van der Waals surface area contributed by atoms with Gasteiger partial charge in [-0.25, -0.2) is 4.79 Å². The maximum Gasteiger partial charge on any atom is 0.455 e. The van der Waals surface area contributed by atoms with Crippen LogP contribution in [0.4, 0.5) is 4.79 Å². The molecule has 0 saturated carbocycles. The van der Waals surface area contributed by atoms with Crippen molar-refractivity contribution in [1.82, 2.24) is 4.90 Å². The van der Waals surface area contributed by atoms with Crippen LogP contribution in [0.2, 0.25) is 11.4 Å². The summed E-state index contributed by atoms with van der Waals surface area (Å²) in [6.07, 6.45) is 2.67. The normalized spacial score (nSPS) is 21.8. The van der Waals surface area contributed by atoms with Crippen LogP contribution in [0.5, 0.6) is 11.5 Å². The second-order valence-electron chi connectivity index (χ2n) is 15.5. The summed E-state index contributed by atoms with van der Waals surface area (Å²) < 4.78 is 24.7. The first-order valence-corrected chi connectivity index (χ1v) is 21.8. The summed E-state index contributed by atoms with van der Waals surface area (Å²) in [6, 6.07) is 24.3. The first-order valence-electron chi connectivity index (χ1n) is 18.8. The predicted octanol–water partition coefficient (Wildman–Crippen LogP) is 6.72. The van der Waals surface area contributed by atoms with Crippen molar-refractivity contribution in [2.75, 3.05) is 20.8 Å². The molecule has 2 aliphatic heterocycles. The zero-order valence-corrected chi connectivity index (χ0v) is 35.4. The lowest BCUT2D eigenvalue weighted by molar-refractivity contribution is -0.137. The highest BCUT2D eigenvalue weighted by Crippen LogP contribution is 2.51. The summed E-state index contributed by atoms with van der Waals surface area (Å²) in [5, 5.41) is 23.5.